The molecule has 0 spiro atoms. The summed E-state index contributed by atoms with van der Waals surface area (Å²) in [6.07, 6.45) is -1.97. The predicted octanol–water partition coefficient (Wildman–Crippen LogP) is 4.75. The van der Waals surface area contributed by atoms with E-state index in [1.54, 1.807) is 23.0 Å². The molecule has 1 heterocycles. The Labute approximate surface area is 193 Å². The van der Waals surface area contributed by atoms with Crippen molar-refractivity contribution in [3.05, 3.63) is 59.8 Å². The smallest absolute Gasteiger partial charge is 0.481 e. The highest BCUT2D eigenvalue weighted by atomic mass is 19.4. The summed E-state index contributed by atoms with van der Waals surface area (Å²) in [5, 5.41) is 17.3. The molecule has 1 aliphatic rings. The van der Waals surface area contributed by atoms with Crippen molar-refractivity contribution in [3.8, 4) is 5.75 Å². The largest absolute Gasteiger partial charge is 0.573 e. The van der Waals surface area contributed by atoms with Crippen LogP contribution in [-0.4, -0.2) is 38.7 Å². The molecule has 0 atom stereocenters. The lowest BCUT2D eigenvalue weighted by atomic mass is 9.57. The maximum Gasteiger partial charge on any atom is 0.573 e. The van der Waals surface area contributed by atoms with Crippen molar-refractivity contribution in [3.63, 3.8) is 0 Å². The summed E-state index contributed by atoms with van der Waals surface area (Å²) in [5.74, 6) is -1.46. The Balaban J connectivity index is 1.52. The normalized spacial score (nSPS) is 22.3. The molecule has 0 radical (unpaired) electrons. The number of halogens is 3. The van der Waals surface area contributed by atoms with Gasteiger partial charge in [-0.25, -0.2) is 0 Å². The van der Waals surface area contributed by atoms with Crippen LogP contribution in [0.25, 0.3) is 10.9 Å². The van der Waals surface area contributed by atoms with Gasteiger partial charge in [-0.15, -0.1) is 13.2 Å². The first-order valence-electron chi connectivity index (χ1n) is 10.7. The van der Waals surface area contributed by atoms with E-state index in [1.807, 2.05) is 19.9 Å². The zero-order valence-electron chi connectivity index (χ0n) is 18.6. The summed E-state index contributed by atoms with van der Waals surface area (Å²) < 4.78 is 42.7. The van der Waals surface area contributed by atoms with Crippen LogP contribution in [0.4, 0.5) is 13.2 Å². The number of nitrogens with one attached hydrogen (secondary N) is 1. The van der Waals surface area contributed by atoms with Crippen LogP contribution in [0, 0.1) is 5.41 Å². The molecule has 0 saturated heterocycles. The number of carbonyl (C=O) groups is 2. The number of ether oxygens (including phenoxy) is 1. The number of carbonyl (C=O) groups excluding carboxylic acids is 1. The van der Waals surface area contributed by atoms with Crippen molar-refractivity contribution in [1.29, 1.82) is 0 Å². The van der Waals surface area contributed by atoms with E-state index in [4.69, 9.17) is 5.11 Å². The quantitative estimate of drug-likeness (QED) is 0.515. The van der Waals surface area contributed by atoms with Gasteiger partial charge in [0.15, 0.2) is 0 Å². The van der Waals surface area contributed by atoms with Gasteiger partial charge in [0.05, 0.1) is 30.2 Å². The lowest BCUT2D eigenvalue weighted by Crippen LogP contribution is -2.59. The lowest BCUT2D eigenvalue weighted by molar-refractivity contribution is -0.274. The second-order valence-electron chi connectivity index (χ2n) is 9.49. The molecule has 1 aliphatic carbocycles. The molecule has 4 rings (SSSR count). The van der Waals surface area contributed by atoms with Crippen LogP contribution in [0.3, 0.4) is 0 Å². The van der Waals surface area contributed by atoms with Crippen LogP contribution < -0.4 is 10.1 Å². The third-order valence-corrected chi connectivity index (χ3v) is 6.02. The molecule has 0 unspecified atom stereocenters. The van der Waals surface area contributed by atoms with Gasteiger partial charge in [0.1, 0.15) is 5.75 Å². The van der Waals surface area contributed by atoms with Crippen molar-refractivity contribution in [2.24, 2.45) is 5.41 Å². The lowest BCUT2D eigenvalue weighted by Gasteiger charge is -2.52. The molecule has 0 aliphatic heterocycles. The summed E-state index contributed by atoms with van der Waals surface area (Å²) >= 11 is 0. The third kappa shape index (κ3) is 5.16. The van der Waals surface area contributed by atoms with E-state index in [-0.39, 0.29) is 30.0 Å². The molecule has 180 valence electrons. The summed E-state index contributed by atoms with van der Waals surface area (Å²) in [4.78, 5) is 24.3. The monoisotopic (exact) mass is 475 g/mol. The predicted molar refractivity (Wildman–Crippen MR) is 117 cm³/mol. The van der Waals surface area contributed by atoms with Gasteiger partial charge in [-0.2, -0.15) is 5.10 Å². The summed E-state index contributed by atoms with van der Waals surface area (Å²) in [6, 6.07) is 10.7. The van der Waals surface area contributed by atoms with Gasteiger partial charge in [-0.3, -0.25) is 14.3 Å². The standard InChI is InChI=1S/C24H24F3N3O4/c1-22(10-19(31)32)13-23(2,14-22)29-21(33)18-5-3-4-16-11-28-30(20(16)18)12-15-6-8-17(9-7-15)34-24(25,26)27/h3-9,11H,10,12-14H2,1-2H3,(H,29,33)(H,31,32). The molecule has 1 fully saturated rings. The van der Waals surface area contributed by atoms with E-state index in [2.05, 4.69) is 15.2 Å². The number of para-hydroxylation sites is 1. The van der Waals surface area contributed by atoms with Crippen LogP contribution in [0.1, 0.15) is 49.0 Å². The fraction of sp³-hybridized carbons (Fsp3) is 0.375. The van der Waals surface area contributed by atoms with Crippen molar-refractivity contribution >= 4 is 22.8 Å². The third-order valence-electron chi connectivity index (χ3n) is 6.02. The Morgan fingerprint density at radius 1 is 1.15 bits per heavy atom. The number of nitrogens with zero attached hydrogens (tertiary/aromatic N) is 2. The zero-order valence-corrected chi connectivity index (χ0v) is 18.6. The minimum atomic E-state index is -4.76. The number of aromatic nitrogens is 2. The van der Waals surface area contributed by atoms with Gasteiger partial charge in [0.25, 0.3) is 5.91 Å². The fourth-order valence-electron chi connectivity index (χ4n) is 5.17. The Bertz CT molecular complexity index is 1230. The van der Waals surface area contributed by atoms with E-state index in [0.717, 1.165) is 5.39 Å². The highest BCUT2D eigenvalue weighted by molar-refractivity contribution is 6.06. The van der Waals surface area contributed by atoms with Crippen LogP contribution >= 0.6 is 0 Å². The van der Waals surface area contributed by atoms with Crippen molar-refractivity contribution in [2.75, 3.05) is 0 Å². The molecule has 34 heavy (non-hydrogen) atoms. The fourth-order valence-corrected chi connectivity index (χ4v) is 5.17. The van der Waals surface area contributed by atoms with Crippen molar-refractivity contribution < 1.29 is 32.6 Å². The number of alkyl halides is 3. The maximum atomic E-state index is 13.2. The average molecular weight is 475 g/mol. The molecule has 1 saturated carbocycles. The van der Waals surface area contributed by atoms with Gasteiger partial charge in [-0.1, -0.05) is 31.2 Å². The zero-order chi connectivity index (χ0) is 24.7. The van der Waals surface area contributed by atoms with Crippen molar-refractivity contribution in [1.82, 2.24) is 15.1 Å². The second kappa shape index (κ2) is 8.34. The SMILES string of the molecule is CC1(CC(=O)O)CC(C)(NC(=O)c2cccc3cnn(Cc4ccc(OC(F)(F)F)cc4)c23)C1. The number of fused-ring (bicyclic) bond motifs is 1. The number of benzene rings is 2. The van der Waals surface area contributed by atoms with E-state index >= 15 is 0 Å². The first-order chi connectivity index (χ1) is 15.8. The maximum absolute atomic E-state index is 13.2. The highest BCUT2D eigenvalue weighted by Gasteiger charge is 2.50. The molecule has 1 amide bonds. The van der Waals surface area contributed by atoms with Crippen molar-refractivity contribution in [2.45, 2.75) is 51.6 Å². The highest BCUT2D eigenvalue weighted by Crippen LogP contribution is 2.50. The number of hydrogen-bond acceptors (Lipinski definition) is 4. The minimum Gasteiger partial charge on any atom is -0.481 e. The van der Waals surface area contributed by atoms with E-state index < -0.39 is 17.9 Å². The summed E-state index contributed by atoms with van der Waals surface area (Å²) in [6.45, 7) is 4.04. The number of rotatable bonds is 7. The van der Waals surface area contributed by atoms with E-state index in [9.17, 15) is 22.8 Å². The Morgan fingerprint density at radius 3 is 2.44 bits per heavy atom. The molecular formula is C24H24F3N3O4. The van der Waals surface area contributed by atoms with Crippen LogP contribution in [0.15, 0.2) is 48.7 Å². The van der Waals surface area contributed by atoms with Gasteiger partial charge in [-0.05, 0) is 48.9 Å². The molecule has 10 heteroatoms. The van der Waals surface area contributed by atoms with Gasteiger partial charge in [0.2, 0.25) is 0 Å². The van der Waals surface area contributed by atoms with E-state index in [1.165, 1.54) is 24.3 Å². The minimum absolute atomic E-state index is 0.0492. The van der Waals surface area contributed by atoms with E-state index in [0.29, 0.717) is 29.5 Å². The van der Waals surface area contributed by atoms with Gasteiger partial charge < -0.3 is 15.2 Å². The molecule has 3 aromatic rings. The van der Waals surface area contributed by atoms with Crippen LogP contribution in [0.2, 0.25) is 0 Å². The summed E-state index contributed by atoms with van der Waals surface area (Å²) in [7, 11) is 0. The molecule has 0 bridgehead atoms. The Hall–Kier alpha value is -3.56. The Morgan fingerprint density at radius 2 is 1.82 bits per heavy atom. The number of carboxylic acids is 1. The second-order valence-corrected chi connectivity index (χ2v) is 9.49. The summed E-state index contributed by atoms with van der Waals surface area (Å²) in [5.41, 5.74) is 0.837. The number of hydrogen-bond donors (Lipinski definition) is 2. The first-order valence-corrected chi connectivity index (χ1v) is 10.7. The molecule has 1 aromatic heterocycles. The number of carboxylic acid groups (broad SMARTS) is 1. The molecule has 7 nitrogen and oxygen atoms in total. The molecular weight excluding hydrogens is 451 g/mol. The van der Waals surface area contributed by atoms with Gasteiger partial charge >= 0.3 is 12.3 Å². The number of amides is 1. The van der Waals surface area contributed by atoms with Gasteiger partial charge in [0, 0.05) is 10.9 Å². The Kier molecular flexibility index (Phi) is 5.79. The van der Waals surface area contributed by atoms with Crippen LogP contribution in [-0.2, 0) is 11.3 Å². The average Bonchev–Trinajstić information content (AvgIpc) is 3.09. The number of aliphatic carboxylic acids is 1. The molecule has 2 N–H and O–H groups in total. The molecule has 2 aromatic carbocycles. The first kappa shape index (κ1) is 23.6. The topological polar surface area (TPSA) is 93.5 Å². The van der Waals surface area contributed by atoms with Crippen LogP contribution in [0.5, 0.6) is 5.75 Å².